The lowest BCUT2D eigenvalue weighted by Crippen LogP contribution is -2.51. The Morgan fingerprint density at radius 3 is 2.18 bits per heavy atom. The number of hydrogen-bond acceptors (Lipinski definition) is 2. The zero-order chi connectivity index (χ0) is 24.7. The zero-order valence-corrected chi connectivity index (χ0v) is 21.6. The van der Waals surface area contributed by atoms with Crippen LogP contribution < -0.4 is 5.32 Å². The van der Waals surface area contributed by atoms with Crippen LogP contribution >= 0.6 is 46.4 Å². The zero-order valence-electron chi connectivity index (χ0n) is 18.5. The first-order chi connectivity index (χ1) is 16.3. The quantitative estimate of drug-likeness (QED) is 0.333. The number of benzene rings is 3. The summed E-state index contributed by atoms with van der Waals surface area (Å²) in [5.41, 5.74) is 2.11. The summed E-state index contributed by atoms with van der Waals surface area (Å²) in [7, 11) is 0. The topological polar surface area (TPSA) is 49.4 Å². The van der Waals surface area contributed by atoms with Gasteiger partial charge < -0.3 is 10.2 Å². The molecule has 1 atom stereocenters. The van der Waals surface area contributed by atoms with Gasteiger partial charge in [-0.1, -0.05) is 88.9 Å². The molecule has 34 heavy (non-hydrogen) atoms. The van der Waals surface area contributed by atoms with Gasteiger partial charge in [-0.15, -0.1) is 0 Å². The van der Waals surface area contributed by atoms with E-state index in [-0.39, 0.29) is 24.8 Å². The van der Waals surface area contributed by atoms with Gasteiger partial charge in [0, 0.05) is 39.6 Å². The van der Waals surface area contributed by atoms with Crippen molar-refractivity contribution >= 4 is 58.2 Å². The molecule has 0 spiro atoms. The van der Waals surface area contributed by atoms with Crippen LogP contribution in [0, 0.1) is 0 Å². The van der Waals surface area contributed by atoms with E-state index in [0.29, 0.717) is 44.2 Å². The molecule has 2 amide bonds. The van der Waals surface area contributed by atoms with Gasteiger partial charge in [0.1, 0.15) is 6.04 Å². The summed E-state index contributed by atoms with van der Waals surface area (Å²) in [6.07, 6.45) is 0.272. The first-order valence-electron chi connectivity index (χ1n) is 10.8. The number of likely N-dealkylation sites (N-methyl/N-ethyl adjacent to an activating group) is 1. The third-order valence-electron chi connectivity index (χ3n) is 5.37. The van der Waals surface area contributed by atoms with Crippen LogP contribution in [0.5, 0.6) is 0 Å². The second kappa shape index (κ2) is 12.5. The van der Waals surface area contributed by atoms with Crippen LogP contribution in [0.2, 0.25) is 20.1 Å². The van der Waals surface area contributed by atoms with Gasteiger partial charge in [-0.3, -0.25) is 9.59 Å². The van der Waals surface area contributed by atoms with Crippen LogP contribution in [-0.2, 0) is 29.0 Å². The lowest BCUT2D eigenvalue weighted by atomic mass is 10.0. The van der Waals surface area contributed by atoms with Crippen molar-refractivity contribution < 1.29 is 9.59 Å². The van der Waals surface area contributed by atoms with Crippen molar-refractivity contribution in [3.8, 4) is 0 Å². The van der Waals surface area contributed by atoms with Crippen LogP contribution in [-0.4, -0.2) is 29.3 Å². The molecule has 0 fully saturated rings. The molecular formula is C26H24Cl4N2O2. The van der Waals surface area contributed by atoms with Crippen LogP contribution in [0.4, 0.5) is 0 Å². The maximum absolute atomic E-state index is 13.7. The van der Waals surface area contributed by atoms with Crippen molar-refractivity contribution in [1.29, 1.82) is 0 Å². The fourth-order valence-corrected chi connectivity index (χ4v) is 4.63. The number of halogens is 4. The number of nitrogens with zero attached hydrogens (tertiary/aromatic N) is 1. The Morgan fingerprint density at radius 1 is 0.882 bits per heavy atom. The fraction of sp³-hybridized carbons (Fsp3) is 0.231. The third-order valence-corrected chi connectivity index (χ3v) is 6.66. The summed E-state index contributed by atoms with van der Waals surface area (Å²) in [6, 6.07) is 18.9. The largest absolute Gasteiger partial charge is 0.355 e. The molecule has 3 aromatic carbocycles. The molecule has 3 rings (SSSR count). The van der Waals surface area contributed by atoms with E-state index < -0.39 is 6.04 Å². The van der Waals surface area contributed by atoms with E-state index >= 15 is 0 Å². The predicted octanol–water partition coefficient (Wildman–Crippen LogP) is 6.62. The summed E-state index contributed by atoms with van der Waals surface area (Å²) in [4.78, 5) is 28.4. The number of amides is 2. The Balaban J connectivity index is 2.02. The van der Waals surface area contributed by atoms with Crippen molar-refractivity contribution in [2.24, 2.45) is 0 Å². The predicted molar refractivity (Wildman–Crippen MR) is 140 cm³/mol. The number of nitrogens with one attached hydrogen (secondary N) is 1. The highest BCUT2D eigenvalue weighted by Crippen LogP contribution is 2.28. The molecule has 3 aromatic rings. The summed E-state index contributed by atoms with van der Waals surface area (Å²) >= 11 is 25.2. The molecule has 0 aliphatic rings. The third kappa shape index (κ3) is 6.89. The molecule has 8 heteroatoms. The number of carbonyl (C=O) groups is 2. The first kappa shape index (κ1) is 26.4. The number of carbonyl (C=O) groups excluding carboxylic acids is 2. The smallest absolute Gasteiger partial charge is 0.243 e. The molecule has 4 nitrogen and oxygen atoms in total. The second-order valence-corrected chi connectivity index (χ2v) is 9.39. The highest BCUT2D eigenvalue weighted by atomic mass is 35.5. The fourth-order valence-electron chi connectivity index (χ4n) is 3.63. The summed E-state index contributed by atoms with van der Waals surface area (Å²) in [6.45, 7) is 2.39. The highest BCUT2D eigenvalue weighted by molar-refractivity contribution is 6.36. The molecule has 0 unspecified atom stereocenters. The molecule has 0 saturated carbocycles. The van der Waals surface area contributed by atoms with E-state index in [1.165, 1.54) is 4.90 Å². The highest BCUT2D eigenvalue weighted by Gasteiger charge is 2.31. The lowest BCUT2D eigenvalue weighted by Gasteiger charge is -2.32. The monoisotopic (exact) mass is 536 g/mol. The van der Waals surface area contributed by atoms with Crippen LogP contribution in [0.1, 0.15) is 23.6 Å². The maximum Gasteiger partial charge on any atom is 0.243 e. The van der Waals surface area contributed by atoms with Gasteiger partial charge in [0.15, 0.2) is 0 Å². The molecule has 178 valence electrons. The summed E-state index contributed by atoms with van der Waals surface area (Å²) < 4.78 is 0. The van der Waals surface area contributed by atoms with Gasteiger partial charge in [0.25, 0.3) is 0 Å². The SMILES string of the molecule is CCNC(=O)[C@H](Cc1ccccc1)N(Cc1ccc(Cl)cc1Cl)C(=O)Cc1c(Cl)cccc1Cl. The Bertz CT molecular complexity index is 1130. The molecule has 1 N–H and O–H groups in total. The number of hydrogen-bond donors (Lipinski definition) is 1. The molecule has 0 heterocycles. The first-order valence-corrected chi connectivity index (χ1v) is 12.3. The minimum Gasteiger partial charge on any atom is -0.355 e. The molecule has 0 aromatic heterocycles. The van der Waals surface area contributed by atoms with E-state index in [4.69, 9.17) is 46.4 Å². The van der Waals surface area contributed by atoms with Crippen LogP contribution in [0.3, 0.4) is 0 Å². The second-order valence-electron chi connectivity index (χ2n) is 7.73. The summed E-state index contributed by atoms with van der Waals surface area (Å²) in [5, 5.41) is 4.54. The minimum atomic E-state index is -0.775. The molecule has 0 aliphatic heterocycles. The van der Waals surface area contributed by atoms with Gasteiger partial charge in [-0.05, 0) is 47.9 Å². The molecule has 0 radical (unpaired) electrons. The van der Waals surface area contributed by atoms with E-state index in [9.17, 15) is 9.59 Å². The van der Waals surface area contributed by atoms with Crippen LogP contribution in [0.25, 0.3) is 0 Å². The Labute approximate surface area is 219 Å². The maximum atomic E-state index is 13.7. The standard InChI is InChI=1S/C26H24Cl4N2O2/c1-2-31-26(34)24(13-17-7-4-3-5-8-17)32(16-18-11-12-19(27)14-23(18)30)25(33)15-20-21(28)9-6-10-22(20)29/h3-12,14,24H,2,13,15-16H2,1H3,(H,31,34)/t24-/m0/s1. The minimum absolute atomic E-state index is 0.0611. The summed E-state index contributed by atoms with van der Waals surface area (Å²) in [5.74, 6) is -0.553. The lowest BCUT2D eigenvalue weighted by molar-refractivity contribution is -0.140. The Hall–Kier alpha value is -2.24. The van der Waals surface area contributed by atoms with Crippen molar-refractivity contribution in [3.05, 3.63) is 104 Å². The van der Waals surface area contributed by atoms with E-state index in [0.717, 1.165) is 5.56 Å². The normalized spacial score (nSPS) is 11.7. The van der Waals surface area contributed by atoms with Crippen LogP contribution in [0.15, 0.2) is 66.7 Å². The Morgan fingerprint density at radius 2 is 1.56 bits per heavy atom. The molecule has 0 bridgehead atoms. The van der Waals surface area contributed by atoms with Crippen molar-refractivity contribution in [3.63, 3.8) is 0 Å². The number of rotatable bonds is 9. The van der Waals surface area contributed by atoms with Crippen molar-refractivity contribution in [2.45, 2.75) is 32.4 Å². The molecule has 0 aliphatic carbocycles. The van der Waals surface area contributed by atoms with E-state index in [1.54, 1.807) is 36.4 Å². The van der Waals surface area contributed by atoms with Gasteiger partial charge in [-0.25, -0.2) is 0 Å². The van der Waals surface area contributed by atoms with Gasteiger partial charge in [0.2, 0.25) is 11.8 Å². The van der Waals surface area contributed by atoms with Gasteiger partial charge in [0.05, 0.1) is 6.42 Å². The van der Waals surface area contributed by atoms with Gasteiger partial charge in [-0.2, -0.15) is 0 Å². The van der Waals surface area contributed by atoms with E-state index in [1.807, 2.05) is 37.3 Å². The van der Waals surface area contributed by atoms with Crippen molar-refractivity contribution in [1.82, 2.24) is 10.2 Å². The Kier molecular flexibility index (Phi) is 9.66. The molecule has 0 saturated heterocycles. The van der Waals surface area contributed by atoms with E-state index in [2.05, 4.69) is 5.32 Å². The average molecular weight is 538 g/mol. The average Bonchev–Trinajstić information content (AvgIpc) is 2.80. The van der Waals surface area contributed by atoms with Crippen molar-refractivity contribution in [2.75, 3.05) is 6.54 Å². The molecular weight excluding hydrogens is 514 g/mol. The van der Waals surface area contributed by atoms with Gasteiger partial charge >= 0.3 is 0 Å².